The lowest BCUT2D eigenvalue weighted by atomic mass is 10.1. The van der Waals surface area contributed by atoms with Crippen molar-refractivity contribution in [3.8, 4) is 11.5 Å². The predicted molar refractivity (Wildman–Crippen MR) is 123 cm³/mol. The normalized spacial score (nSPS) is 12.1. The number of nitrogens with zero attached hydrogens (tertiary/aromatic N) is 2. The number of rotatable bonds is 12. The molecule has 0 bridgehead atoms. The Labute approximate surface area is 197 Å². The summed E-state index contributed by atoms with van der Waals surface area (Å²) in [6.45, 7) is 2.14. The molecule has 188 valence electrons. The van der Waals surface area contributed by atoms with E-state index in [0.29, 0.717) is 18.7 Å². The third-order valence-corrected chi connectivity index (χ3v) is 6.83. The Morgan fingerprint density at radius 1 is 1.06 bits per heavy atom. The summed E-state index contributed by atoms with van der Waals surface area (Å²) in [4.78, 5) is 13.0. The first-order valence-electron chi connectivity index (χ1n) is 10.7. The van der Waals surface area contributed by atoms with Crippen LogP contribution in [0.1, 0.15) is 43.0 Å². The summed E-state index contributed by atoms with van der Waals surface area (Å²) in [6, 6.07) is 10.6. The van der Waals surface area contributed by atoms with Crippen molar-refractivity contribution in [2.75, 3.05) is 32.1 Å². The number of unbranched alkanes of at least 4 members (excludes halogenated alkanes) is 1. The van der Waals surface area contributed by atoms with Gasteiger partial charge < -0.3 is 14.7 Å². The van der Waals surface area contributed by atoms with Crippen LogP contribution in [-0.4, -0.2) is 57.2 Å². The van der Waals surface area contributed by atoms with Gasteiger partial charge in [-0.1, -0.05) is 31.5 Å². The van der Waals surface area contributed by atoms with Crippen molar-refractivity contribution in [2.24, 2.45) is 0 Å². The van der Waals surface area contributed by atoms with Crippen molar-refractivity contribution in [1.29, 1.82) is 0 Å². The minimum absolute atomic E-state index is 0.0603. The van der Waals surface area contributed by atoms with Gasteiger partial charge in [-0.05, 0) is 37.1 Å². The molecule has 7 nitrogen and oxygen atoms in total. The van der Waals surface area contributed by atoms with E-state index in [-0.39, 0.29) is 34.9 Å². The lowest BCUT2D eigenvalue weighted by Crippen LogP contribution is -2.29. The number of halogens is 3. The number of carbonyl (C=O) groups is 1. The topological polar surface area (TPSA) is 87.2 Å². The minimum atomic E-state index is -4.35. The molecule has 0 atom stereocenters. The average Bonchev–Trinajstić information content (AvgIpc) is 2.75. The largest absolute Gasteiger partial charge is 0.478 e. The first-order chi connectivity index (χ1) is 15.9. The van der Waals surface area contributed by atoms with E-state index in [4.69, 9.17) is 4.74 Å². The molecule has 0 aromatic heterocycles. The summed E-state index contributed by atoms with van der Waals surface area (Å²) in [5.74, 6) is -1.20. The molecule has 0 heterocycles. The van der Waals surface area contributed by atoms with E-state index in [9.17, 15) is 31.5 Å². The monoisotopic (exact) mass is 502 g/mol. The van der Waals surface area contributed by atoms with Crippen molar-refractivity contribution in [3.05, 3.63) is 48.0 Å². The standard InChI is InChI=1S/C23H29F3N2O5S/c1-4-5-13-28(14-9-12-23(24,25)26)19-15-17(22(29)30)16-20(34(31,32)27(2)3)21(19)33-18-10-7-6-8-11-18/h6-8,10-11,15-16H,4-5,9,12-14H2,1-3H3,(H,29,30). The summed E-state index contributed by atoms with van der Waals surface area (Å²) in [6.07, 6.45) is -4.28. The zero-order valence-electron chi connectivity index (χ0n) is 19.3. The fraction of sp³-hybridized carbons (Fsp3) is 0.435. The molecule has 0 spiro atoms. The maximum atomic E-state index is 13.1. The lowest BCUT2D eigenvalue weighted by Gasteiger charge is -2.29. The van der Waals surface area contributed by atoms with E-state index in [1.54, 1.807) is 35.2 Å². The van der Waals surface area contributed by atoms with Crippen LogP contribution in [0.3, 0.4) is 0 Å². The fourth-order valence-corrected chi connectivity index (χ4v) is 4.27. The predicted octanol–water partition coefficient (Wildman–Crippen LogP) is 5.38. The molecule has 2 aromatic rings. The molecule has 0 saturated heterocycles. The second kappa shape index (κ2) is 11.6. The molecule has 0 aliphatic carbocycles. The summed E-state index contributed by atoms with van der Waals surface area (Å²) >= 11 is 0. The number of benzene rings is 2. The van der Waals surface area contributed by atoms with Crippen LogP contribution >= 0.6 is 0 Å². The van der Waals surface area contributed by atoms with Crippen LogP contribution in [0, 0.1) is 0 Å². The summed E-state index contributed by atoms with van der Waals surface area (Å²) < 4.78 is 71.6. The second-order valence-electron chi connectivity index (χ2n) is 7.89. The van der Waals surface area contributed by atoms with E-state index in [0.717, 1.165) is 16.8 Å². The van der Waals surface area contributed by atoms with Gasteiger partial charge in [0.25, 0.3) is 0 Å². The zero-order chi connectivity index (χ0) is 25.5. The Morgan fingerprint density at radius 3 is 2.21 bits per heavy atom. The number of sulfonamides is 1. The van der Waals surface area contributed by atoms with Gasteiger partial charge in [0.05, 0.1) is 11.3 Å². The smallest absolute Gasteiger partial charge is 0.389 e. The quantitative estimate of drug-likeness (QED) is 0.420. The van der Waals surface area contributed by atoms with Gasteiger partial charge in [0.2, 0.25) is 10.0 Å². The molecule has 0 aliphatic heterocycles. The van der Waals surface area contributed by atoms with Crippen LogP contribution in [0.4, 0.5) is 18.9 Å². The van der Waals surface area contributed by atoms with Gasteiger partial charge in [0.15, 0.2) is 5.75 Å². The van der Waals surface area contributed by atoms with Crippen molar-refractivity contribution in [2.45, 2.75) is 43.7 Å². The van der Waals surface area contributed by atoms with E-state index in [2.05, 4.69) is 0 Å². The zero-order valence-corrected chi connectivity index (χ0v) is 20.1. The number of hydrogen-bond donors (Lipinski definition) is 1. The van der Waals surface area contributed by atoms with E-state index >= 15 is 0 Å². The number of ether oxygens (including phenoxy) is 1. The van der Waals surface area contributed by atoms with Gasteiger partial charge >= 0.3 is 12.1 Å². The van der Waals surface area contributed by atoms with Crippen molar-refractivity contribution < 1.29 is 36.2 Å². The van der Waals surface area contributed by atoms with Crippen molar-refractivity contribution >= 4 is 21.7 Å². The number of hydrogen-bond acceptors (Lipinski definition) is 5. The van der Waals surface area contributed by atoms with Crippen LogP contribution in [0.2, 0.25) is 0 Å². The average molecular weight is 503 g/mol. The Morgan fingerprint density at radius 2 is 1.68 bits per heavy atom. The molecule has 2 aromatic carbocycles. The molecular weight excluding hydrogens is 473 g/mol. The molecule has 11 heteroatoms. The molecule has 0 amide bonds. The molecule has 0 saturated carbocycles. The van der Waals surface area contributed by atoms with Gasteiger partial charge in [-0.25, -0.2) is 17.5 Å². The first kappa shape index (κ1) is 27.5. The molecule has 0 aliphatic rings. The van der Waals surface area contributed by atoms with Crippen LogP contribution < -0.4 is 9.64 Å². The minimum Gasteiger partial charge on any atom is -0.478 e. The third kappa shape index (κ3) is 7.36. The van der Waals surface area contributed by atoms with Gasteiger partial charge in [0, 0.05) is 33.6 Å². The molecule has 0 radical (unpaired) electrons. The second-order valence-corrected chi connectivity index (χ2v) is 10.0. The molecule has 1 N–H and O–H groups in total. The van der Waals surface area contributed by atoms with E-state index in [1.807, 2.05) is 6.92 Å². The third-order valence-electron chi connectivity index (χ3n) is 5.01. The van der Waals surface area contributed by atoms with Crippen LogP contribution in [0.5, 0.6) is 11.5 Å². The Hall–Kier alpha value is -2.79. The highest BCUT2D eigenvalue weighted by Gasteiger charge is 2.31. The Bertz CT molecular complexity index is 1070. The number of alkyl halides is 3. The summed E-state index contributed by atoms with van der Waals surface area (Å²) in [5.41, 5.74) is -0.201. The highest BCUT2D eigenvalue weighted by atomic mass is 32.2. The van der Waals surface area contributed by atoms with Gasteiger partial charge in [0.1, 0.15) is 10.6 Å². The van der Waals surface area contributed by atoms with Crippen LogP contribution in [0.15, 0.2) is 47.4 Å². The Kier molecular flexibility index (Phi) is 9.34. The lowest BCUT2D eigenvalue weighted by molar-refractivity contribution is -0.135. The van der Waals surface area contributed by atoms with Gasteiger partial charge in [-0.15, -0.1) is 0 Å². The SMILES string of the molecule is CCCCN(CCCC(F)(F)F)c1cc(C(=O)O)cc(S(=O)(=O)N(C)C)c1Oc1ccccc1. The number of carboxylic acid groups (broad SMARTS) is 1. The summed E-state index contributed by atoms with van der Waals surface area (Å²) in [7, 11) is -1.57. The van der Waals surface area contributed by atoms with Crippen LogP contribution in [0.25, 0.3) is 0 Å². The molecule has 34 heavy (non-hydrogen) atoms. The van der Waals surface area contributed by atoms with Crippen LogP contribution in [-0.2, 0) is 10.0 Å². The highest BCUT2D eigenvalue weighted by Crippen LogP contribution is 2.41. The van der Waals surface area contributed by atoms with Crippen molar-refractivity contribution in [3.63, 3.8) is 0 Å². The summed E-state index contributed by atoms with van der Waals surface area (Å²) in [5, 5.41) is 9.64. The highest BCUT2D eigenvalue weighted by molar-refractivity contribution is 7.89. The number of para-hydroxylation sites is 1. The number of anilines is 1. The number of aromatic carboxylic acids is 1. The maximum Gasteiger partial charge on any atom is 0.389 e. The van der Waals surface area contributed by atoms with Gasteiger partial charge in [-0.2, -0.15) is 13.2 Å². The van der Waals surface area contributed by atoms with E-state index < -0.39 is 28.6 Å². The van der Waals surface area contributed by atoms with E-state index in [1.165, 1.54) is 20.2 Å². The maximum absolute atomic E-state index is 13.1. The molecule has 2 rings (SSSR count). The molecule has 0 fully saturated rings. The van der Waals surface area contributed by atoms with Gasteiger partial charge in [-0.3, -0.25) is 0 Å². The number of carboxylic acids is 1. The Balaban J connectivity index is 2.73. The molecule has 0 unspecified atom stereocenters. The first-order valence-corrected chi connectivity index (χ1v) is 12.2. The molecular formula is C23H29F3N2O5S. The van der Waals surface area contributed by atoms with Crippen molar-refractivity contribution in [1.82, 2.24) is 4.31 Å². The fourth-order valence-electron chi connectivity index (χ4n) is 3.22.